The smallest absolute Gasteiger partial charge is 0.343 e. The quantitative estimate of drug-likeness (QED) is 0.117. The lowest BCUT2D eigenvalue weighted by atomic mass is 10.2. The fourth-order valence-electron chi connectivity index (χ4n) is 2.72. The van der Waals surface area contributed by atoms with Gasteiger partial charge in [0.05, 0.1) is 18.4 Å². The first-order chi connectivity index (χ1) is 16.0. The van der Waals surface area contributed by atoms with Crippen LogP contribution in [0.4, 0.5) is 0 Å². The monoisotopic (exact) mass is 528 g/mol. The number of esters is 1. The van der Waals surface area contributed by atoms with Crippen molar-refractivity contribution in [3.63, 3.8) is 0 Å². The molecule has 0 saturated heterocycles. The van der Waals surface area contributed by atoms with Crippen molar-refractivity contribution in [1.82, 2.24) is 5.43 Å². The minimum Gasteiger partial charge on any atom is -0.494 e. The molecule has 3 aromatic carbocycles. The summed E-state index contributed by atoms with van der Waals surface area (Å²) in [6, 6.07) is 18.3. The number of rotatable bonds is 9. The van der Waals surface area contributed by atoms with Crippen molar-refractivity contribution < 1.29 is 19.1 Å². The Balaban J connectivity index is 1.64. The van der Waals surface area contributed by atoms with Gasteiger partial charge in [0.15, 0.2) is 0 Å². The van der Waals surface area contributed by atoms with Crippen molar-refractivity contribution in [2.24, 2.45) is 5.10 Å². The highest BCUT2D eigenvalue weighted by atomic mass is 79.9. The Morgan fingerprint density at radius 1 is 1.03 bits per heavy atom. The molecule has 8 heteroatoms. The molecule has 0 spiro atoms. The number of hydrogen-bond donors (Lipinski definition) is 1. The molecule has 0 aromatic heterocycles. The van der Waals surface area contributed by atoms with E-state index in [0.717, 1.165) is 17.3 Å². The number of ether oxygens (including phenoxy) is 2. The molecule has 0 bridgehead atoms. The predicted octanol–water partition coefficient (Wildman–Crippen LogP) is 6.26. The standard InChI is InChI=1S/C25H22BrClN2O4/c1-2-3-14-32-22-11-6-17(7-12-22)24(30)29-28-16-19-15-20(26)8-13-23(19)33-25(31)18-4-9-21(27)10-5-18/h4-13,15-16H,2-3,14H2,1H3,(H,29,30). The molecule has 6 nitrogen and oxygen atoms in total. The number of unbranched alkanes of at least 4 members (excludes halogenated alkanes) is 1. The summed E-state index contributed by atoms with van der Waals surface area (Å²) in [5.74, 6) is 0.101. The van der Waals surface area contributed by atoms with Crippen molar-refractivity contribution >= 4 is 45.6 Å². The van der Waals surface area contributed by atoms with Gasteiger partial charge in [0.25, 0.3) is 5.91 Å². The Labute approximate surface area is 205 Å². The van der Waals surface area contributed by atoms with E-state index in [1.165, 1.54) is 6.21 Å². The zero-order valence-corrected chi connectivity index (χ0v) is 20.2. The third-order valence-electron chi connectivity index (χ3n) is 4.51. The van der Waals surface area contributed by atoms with Gasteiger partial charge in [-0.25, -0.2) is 10.2 Å². The lowest BCUT2D eigenvalue weighted by molar-refractivity contribution is 0.0734. The van der Waals surface area contributed by atoms with Gasteiger partial charge >= 0.3 is 5.97 Å². The van der Waals surface area contributed by atoms with Crippen molar-refractivity contribution in [1.29, 1.82) is 0 Å². The van der Waals surface area contributed by atoms with Gasteiger partial charge in [-0.05, 0) is 73.2 Å². The molecule has 0 fully saturated rings. The summed E-state index contributed by atoms with van der Waals surface area (Å²) in [6.07, 6.45) is 3.44. The normalized spacial score (nSPS) is 10.8. The van der Waals surface area contributed by atoms with Crippen LogP contribution in [0, 0.1) is 0 Å². The van der Waals surface area contributed by atoms with Crippen LogP contribution < -0.4 is 14.9 Å². The Kier molecular flexibility index (Phi) is 9.04. The van der Waals surface area contributed by atoms with E-state index in [4.69, 9.17) is 21.1 Å². The van der Waals surface area contributed by atoms with Gasteiger partial charge in [-0.1, -0.05) is 40.9 Å². The minimum atomic E-state index is -0.533. The molecule has 33 heavy (non-hydrogen) atoms. The second-order valence-corrected chi connectivity index (χ2v) is 8.36. The van der Waals surface area contributed by atoms with Gasteiger partial charge in [-0.3, -0.25) is 4.79 Å². The summed E-state index contributed by atoms with van der Waals surface area (Å²) in [7, 11) is 0. The zero-order valence-electron chi connectivity index (χ0n) is 17.9. The first kappa shape index (κ1) is 24.5. The van der Waals surface area contributed by atoms with Crippen molar-refractivity contribution in [3.8, 4) is 11.5 Å². The third-order valence-corrected chi connectivity index (χ3v) is 5.25. The van der Waals surface area contributed by atoms with Crippen LogP contribution in [0.25, 0.3) is 0 Å². The first-order valence-corrected chi connectivity index (χ1v) is 11.5. The Bertz CT molecular complexity index is 1130. The van der Waals surface area contributed by atoms with E-state index in [-0.39, 0.29) is 5.91 Å². The Morgan fingerprint density at radius 2 is 1.73 bits per heavy atom. The highest BCUT2D eigenvalue weighted by Gasteiger charge is 2.12. The lowest BCUT2D eigenvalue weighted by Crippen LogP contribution is -2.17. The van der Waals surface area contributed by atoms with Crippen LogP contribution in [0.2, 0.25) is 5.02 Å². The molecule has 0 aliphatic rings. The van der Waals surface area contributed by atoms with E-state index in [0.29, 0.717) is 39.8 Å². The predicted molar refractivity (Wildman–Crippen MR) is 132 cm³/mol. The number of nitrogens with one attached hydrogen (secondary N) is 1. The van der Waals surface area contributed by atoms with Gasteiger partial charge < -0.3 is 9.47 Å². The number of carbonyl (C=O) groups is 2. The summed E-state index contributed by atoms with van der Waals surface area (Å²) in [5.41, 5.74) is 3.79. The van der Waals surface area contributed by atoms with Crippen LogP contribution >= 0.6 is 27.5 Å². The van der Waals surface area contributed by atoms with Crippen LogP contribution in [0.3, 0.4) is 0 Å². The topological polar surface area (TPSA) is 77.0 Å². The molecule has 170 valence electrons. The Morgan fingerprint density at radius 3 is 2.42 bits per heavy atom. The van der Waals surface area contributed by atoms with Gasteiger partial charge in [-0.2, -0.15) is 5.10 Å². The fourth-order valence-corrected chi connectivity index (χ4v) is 3.22. The highest BCUT2D eigenvalue weighted by Crippen LogP contribution is 2.23. The molecule has 0 heterocycles. The van der Waals surface area contributed by atoms with E-state index in [1.54, 1.807) is 66.7 Å². The zero-order chi connectivity index (χ0) is 23.6. The molecule has 3 aromatic rings. The van der Waals surface area contributed by atoms with Gasteiger partial charge in [-0.15, -0.1) is 0 Å². The van der Waals surface area contributed by atoms with Crippen LogP contribution in [0.1, 0.15) is 46.0 Å². The van der Waals surface area contributed by atoms with E-state index >= 15 is 0 Å². The molecular weight excluding hydrogens is 508 g/mol. The lowest BCUT2D eigenvalue weighted by Gasteiger charge is -2.08. The van der Waals surface area contributed by atoms with Gasteiger partial charge in [0.1, 0.15) is 11.5 Å². The maximum atomic E-state index is 12.4. The number of benzene rings is 3. The SMILES string of the molecule is CCCCOc1ccc(C(=O)NN=Cc2cc(Br)ccc2OC(=O)c2ccc(Cl)cc2)cc1. The number of hydrazone groups is 1. The number of hydrogen-bond acceptors (Lipinski definition) is 5. The number of nitrogens with zero attached hydrogens (tertiary/aromatic N) is 1. The van der Waals surface area contributed by atoms with Crippen LogP contribution in [-0.2, 0) is 0 Å². The molecule has 0 aliphatic carbocycles. The maximum Gasteiger partial charge on any atom is 0.343 e. The van der Waals surface area contributed by atoms with E-state index in [2.05, 4.69) is 33.4 Å². The number of amides is 1. The van der Waals surface area contributed by atoms with Gasteiger partial charge in [0.2, 0.25) is 0 Å². The largest absolute Gasteiger partial charge is 0.494 e. The summed E-state index contributed by atoms with van der Waals surface area (Å²) in [4.78, 5) is 24.8. The minimum absolute atomic E-state index is 0.296. The number of halogens is 2. The average molecular weight is 530 g/mol. The molecule has 0 aliphatic heterocycles. The van der Waals surface area contributed by atoms with Crippen LogP contribution in [0.5, 0.6) is 11.5 Å². The first-order valence-electron chi connectivity index (χ1n) is 10.3. The molecule has 0 unspecified atom stereocenters. The molecule has 0 saturated carbocycles. The second kappa shape index (κ2) is 12.2. The van der Waals surface area contributed by atoms with E-state index < -0.39 is 5.97 Å². The molecule has 0 radical (unpaired) electrons. The van der Waals surface area contributed by atoms with Crippen LogP contribution in [0.15, 0.2) is 76.3 Å². The summed E-state index contributed by atoms with van der Waals surface area (Å²) < 4.78 is 11.9. The molecular formula is C25H22BrClN2O4. The van der Waals surface area contributed by atoms with E-state index in [9.17, 15) is 9.59 Å². The van der Waals surface area contributed by atoms with Crippen molar-refractivity contribution in [3.05, 3.63) is 92.9 Å². The van der Waals surface area contributed by atoms with Gasteiger partial charge in [0, 0.05) is 20.6 Å². The molecule has 3 rings (SSSR count). The van der Waals surface area contributed by atoms with E-state index in [1.807, 2.05) is 0 Å². The van der Waals surface area contributed by atoms with Crippen molar-refractivity contribution in [2.75, 3.05) is 6.61 Å². The van der Waals surface area contributed by atoms with Crippen molar-refractivity contribution in [2.45, 2.75) is 19.8 Å². The third kappa shape index (κ3) is 7.44. The molecule has 1 amide bonds. The second-order valence-electron chi connectivity index (χ2n) is 7.00. The molecule has 1 N–H and O–H groups in total. The summed E-state index contributed by atoms with van der Waals surface area (Å²) >= 11 is 9.25. The fraction of sp³-hybridized carbons (Fsp3) is 0.160. The summed E-state index contributed by atoms with van der Waals surface area (Å²) in [6.45, 7) is 2.74. The maximum absolute atomic E-state index is 12.4. The molecule has 0 atom stereocenters. The Hall–Kier alpha value is -3.16. The number of carbonyl (C=O) groups excluding carboxylic acids is 2. The summed E-state index contributed by atoms with van der Waals surface area (Å²) in [5, 5.41) is 4.53. The van der Waals surface area contributed by atoms with Crippen LogP contribution in [-0.4, -0.2) is 24.7 Å². The average Bonchev–Trinajstić information content (AvgIpc) is 2.81. The highest BCUT2D eigenvalue weighted by molar-refractivity contribution is 9.10.